The molecular formula is C26H27BFeO2. The third-order valence-electron chi connectivity index (χ3n) is 5.20. The molecule has 2 radical (unpaired) electrons. The van der Waals surface area contributed by atoms with E-state index in [2.05, 4.69) is 51.7 Å². The second-order valence-electron chi connectivity index (χ2n) is 7.99. The molecule has 154 valence electrons. The van der Waals surface area contributed by atoms with Crippen LogP contribution in [0.2, 0.25) is 0 Å². The van der Waals surface area contributed by atoms with Crippen molar-refractivity contribution < 1.29 is 26.4 Å². The molecule has 0 unspecified atom stereocenters. The van der Waals surface area contributed by atoms with Crippen LogP contribution in [-0.2, 0) is 26.4 Å². The van der Waals surface area contributed by atoms with E-state index in [1.165, 1.54) is 0 Å². The standard InChI is InChI=1S/C21H22BO2.C5H5.Fe/c1-20(2)21(3,4)24-22(23-20)16-15-19-13-11-18(12-14-19)10-9-17-7-5-6-8-17;1-2-4-5-3-1;/h5-8,11-16H,1-4H3;1-5H;/q2*-1;+2/b16-15+;;. The van der Waals surface area contributed by atoms with E-state index in [0.717, 1.165) is 16.7 Å². The van der Waals surface area contributed by atoms with Gasteiger partial charge in [-0.15, -0.1) is 30.4 Å². The summed E-state index contributed by atoms with van der Waals surface area (Å²) in [6, 6.07) is 16.2. The van der Waals surface area contributed by atoms with Crippen molar-refractivity contribution >= 4 is 13.2 Å². The molecule has 30 heavy (non-hydrogen) atoms. The molecule has 0 N–H and O–H groups in total. The molecule has 0 bridgehead atoms. The first-order chi connectivity index (χ1) is 13.9. The van der Waals surface area contributed by atoms with Crippen LogP contribution in [0.5, 0.6) is 0 Å². The predicted molar refractivity (Wildman–Crippen MR) is 122 cm³/mol. The van der Waals surface area contributed by atoms with E-state index in [4.69, 9.17) is 9.31 Å². The van der Waals surface area contributed by atoms with Crippen molar-refractivity contribution in [3.8, 4) is 11.8 Å². The van der Waals surface area contributed by atoms with E-state index in [1.54, 1.807) is 0 Å². The van der Waals surface area contributed by atoms with Crippen molar-refractivity contribution in [2.24, 2.45) is 0 Å². The van der Waals surface area contributed by atoms with Gasteiger partial charge in [0.1, 0.15) is 0 Å². The van der Waals surface area contributed by atoms with Gasteiger partial charge < -0.3 is 9.31 Å². The summed E-state index contributed by atoms with van der Waals surface area (Å²) in [6.45, 7) is 8.23. The van der Waals surface area contributed by atoms with Gasteiger partial charge in [0, 0.05) is 5.56 Å². The summed E-state index contributed by atoms with van der Waals surface area (Å²) in [5.41, 5.74) is 2.54. The number of benzene rings is 1. The molecule has 1 aliphatic carbocycles. The summed E-state index contributed by atoms with van der Waals surface area (Å²) in [4.78, 5) is 0. The van der Waals surface area contributed by atoms with Crippen LogP contribution >= 0.6 is 0 Å². The quantitative estimate of drug-likeness (QED) is 0.345. The molecule has 2 nitrogen and oxygen atoms in total. The fourth-order valence-corrected chi connectivity index (χ4v) is 2.76. The van der Waals surface area contributed by atoms with E-state index in [1.807, 2.05) is 79.9 Å². The van der Waals surface area contributed by atoms with Crippen LogP contribution in [0.1, 0.15) is 44.4 Å². The summed E-state index contributed by atoms with van der Waals surface area (Å²) in [5, 5.41) is 0. The SMILES string of the molecule is CC1(C)OB(/C=C/c2ccc(C#Cc3ccc[cH-]3)cc2)OC1(C)C.[CH]1[CH][CH-]C=C1.[Fe+2]. The van der Waals surface area contributed by atoms with Gasteiger partial charge in [-0.25, -0.2) is 18.6 Å². The normalized spacial score (nSPS) is 18.1. The first kappa shape index (κ1) is 24.3. The molecule has 0 atom stereocenters. The first-order valence-electron chi connectivity index (χ1n) is 9.90. The van der Waals surface area contributed by atoms with Crippen LogP contribution in [0.3, 0.4) is 0 Å². The first-order valence-corrected chi connectivity index (χ1v) is 9.90. The molecule has 4 heteroatoms. The van der Waals surface area contributed by atoms with Gasteiger partial charge in [-0.3, -0.25) is 0 Å². The van der Waals surface area contributed by atoms with E-state index in [-0.39, 0.29) is 35.4 Å². The largest absolute Gasteiger partial charge is 2.00 e. The minimum absolute atomic E-state index is 0. The maximum absolute atomic E-state index is 5.96. The summed E-state index contributed by atoms with van der Waals surface area (Å²) >= 11 is 0. The summed E-state index contributed by atoms with van der Waals surface area (Å²) in [6.07, 6.45) is 12.0. The Kier molecular flexibility index (Phi) is 8.77. The fraction of sp³-hybridized carbons (Fsp3) is 0.231. The Hall–Kier alpha value is -2.02. The van der Waals surface area contributed by atoms with Crippen molar-refractivity contribution in [1.29, 1.82) is 0 Å². The van der Waals surface area contributed by atoms with Crippen molar-refractivity contribution in [1.82, 2.24) is 0 Å². The average molecular weight is 438 g/mol. The smallest absolute Gasteiger partial charge is 0.400 e. The summed E-state index contributed by atoms with van der Waals surface area (Å²) < 4.78 is 11.9. The van der Waals surface area contributed by atoms with Crippen molar-refractivity contribution in [2.45, 2.75) is 38.9 Å². The van der Waals surface area contributed by atoms with E-state index < -0.39 is 0 Å². The summed E-state index contributed by atoms with van der Waals surface area (Å²) in [7, 11) is -0.313. The van der Waals surface area contributed by atoms with Gasteiger partial charge in [0.05, 0.1) is 11.2 Å². The third kappa shape index (κ3) is 6.76. The second kappa shape index (κ2) is 10.8. The van der Waals surface area contributed by atoms with Gasteiger partial charge in [0.15, 0.2) is 0 Å². The van der Waals surface area contributed by atoms with Gasteiger partial charge in [0.2, 0.25) is 0 Å². The van der Waals surface area contributed by atoms with Crippen LogP contribution in [0, 0.1) is 31.1 Å². The van der Waals surface area contributed by atoms with Gasteiger partial charge in [0.25, 0.3) is 0 Å². The van der Waals surface area contributed by atoms with Gasteiger partial charge in [-0.2, -0.15) is 24.1 Å². The third-order valence-corrected chi connectivity index (χ3v) is 5.20. The van der Waals surface area contributed by atoms with E-state index >= 15 is 0 Å². The average Bonchev–Trinajstić information content (AvgIpc) is 3.43. The number of hydrogen-bond donors (Lipinski definition) is 0. The van der Waals surface area contributed by atoms with Crippen molar-refractivity contribution in [3.05, 3.63) is 103 Å². The zero-order valence-electron chi connectivity index (χ0n) is 17.9. The zero-order chi connectivity index (χ0) is 20.7. The number of rotatable bonds is 2. The molecule has 1 fully saturated rings. The molecule has 0 spiro atoms. The van der Waals surface area contributed by atoms with Crippen LogP contribution in [0.15, 0.2) is 66.7 Å². The van der Waals surface area contributed by atoms with Crippen LogP contribution in [-0.4, -0.2) is 18.3 Å². The zero-order valence-corrected chi connectivity index (χ0v) is 19.0. The molecule has 2 aromatic rings. The molecule has 4 rings (SSSR count). The monoisotopic (exact) mass is 438 g/mol. The Morgan fingerprint density at radius 2 is 1.67 bits per heavy atom. The Morgan fingerprint density at radius 1 is 0.967 bits per heavy atom. The number of hydrogen-bond acceptors (Lipinski definition) is 2. The van der Waals surface area contributed by atoms with Gasteiger partial charge in [-0.05, 0) is 45.4 Å². The predicted octanol–water partition coefficient (Wildman–Crippen LogP) is 5.62. The van der Waals surface area contributed by atoms with Crippen LogP contribution in [0.25, 0.3) is 6.08 Å². The minimum atomic E-state index is -0.313. The molecule has 1 saturated heterocycles. The van der Waals surface area contributed by atoms with Crippen molar-refractivity contribution in [2.75, 3.05) is 0 Å². The molecule has 2 aliphatic rings. The molecule has 1 aliphatic heterocycles. The molecule has 0 amide bonds. The maximum Gasteiger partial charge on any atom is 2.00 e. The maximum atomic E-state index is 5.96. The number of allylic oxidation sites excluding steroid dienone is 2. The second-order valence-corrected chi connectivity index (χ2v) is 7.99. The summed E-state index contributed by atoms with van der Waals surface area (Å²) in [5.74, 6) is 8.28. The molecular weight excluding hydrogens is 411 g/mol. The minimum Gasteiger partial charge on any atom is -0.400 e. The topological polar surface area (TPSA) is 18.5 Å². The Balaban J connectivity index is 0.000000468. The molecule has 0 saturated carbocycles. The Bertz CT molecular complexity index is 875. The van der Waals surface area contributed by atoms with Crippen molar-refractivity contribution in [3.63, 3.8) is 0 Å². The Morgan fingerprint density at radius 3 is 2.17 bits per heavy atom. The van der Waals surface area contributed by atoms with E-state index in [0.29, 0.717) is 0 Å². The molecule has 2 aromatic carbocycles. The van der Waals surface area contributed by atoms with E-state index in [9.17, 15) is 0 Å². The van der Waals surface area contributed by atoms with Gasteiger partial charge >= 0.3 is 24.2 Å². The van der Waals surface area contributed by atoms with Crippen LogP contribution in [0.4, 0.5) is 0 Å². The molecule has 0 aromatic heterocycles. The van der Waals surface area contributed by atoms with Crippen LogP contribution < -0.4 is 0 Å². The Labute approximate surface area is 192 Å². The van der Waals surface area contributed by atoms with Gasteiger partial charge in [-0.1, -0.05) is 24.2 Å². The fourth-order valence-electron chi connectivity index (χ4n) is 2.76. The molecule has 1 heterocycles.